The Labute approximate surface area is 88.9 Å². The molecule has 1 aromatic rings. The van der Waals surface area contributed by atoms with E-state index < -0.39 is 0 Å². The normalized spacial score (nSPS) is 16.1. The lowest BCUT2D eigenvalue weighted by molar-refractivity contribution is 0.557. The Bertz CT molecular complexity index is 389. The first-order chi connectivity index (χ1) is 7.31. The van der Waals surface area contributed by atoms with Crippen LogP contribution in [0.2, 0.25) is 0 Å². The lowest BCUT2D eigenvalue weighted by Crippen LogP contribution is -2.30. The highest BCUT2D eigenvalue weighted by molar-refractivity contribution is 5.51. The fourth-order valence-corrected chi connectivity index (χ4v) is 1.97. The molecule has 0 bridgehead atoms. The Kier molecular flexibility index (Phi) is 2.86. The topological polar surface area (TPSA) is 27.0 Å². The fourth-order valence-electron chi connectivity index (χ4n) is 1.97. The first kappa shape index (κ1) is 9.97. The third-order valence-electron chi connectivity index (χ3n) is 2.77. The van der Waals surface area contributed by atoms with Crippen molar-refractivity contribution in [2.24, 2.45) is 0 Å². The molecule has 0 saturated carbocycles. The second-order valence-corrected chi connectivity index (χ2v) is 3.83. The first-order valence-corrected chi connectivity index (χ1v) is 5.26. The van der Waals surface area contributed by atoms with E-state index in [4.69, 9.17) is 5.26 Å². The molecule has 0 aromatic heterocycles. The molecule has 0 spiro atoms. The summed E-state index contributed by atoms with van der Waals surface area (Å²) >= 11 is 0. The number of piperidine rings is 1. The van der Waals surface area contributed by atoms with Gasteiger partial charge in [0.1, 0.15) is 5.82 Å². The van der Waals surface area contributed by atoms with Crippen LogP contribution < -0.4 is 4.90 Å². The minimum atomic E-state index is -0.282. The number of halogens is 1. The SMILES string of the molecule is N#Cc1ccc(N2CCCCC2)c(F)c1. The van der Waals surface area contributed by atoms with Gasteiger partial charge < -0.3 is 4.90 Å². The summed E-state index contributed by atoms with van der Waals surface area (Å²) in [6.07, 6.45) is 3.48. The van der Waals surface area contributed by atoms with Crippen LogP contribution in [0.5, 0.6) is 0 Å². The minimum absolute atomic E-state index is 0.282. The van der Waals surface area contributed by atoms with E-state index in [0.717, 1.165) is 25.9 Å². The number of anilines is 1. The molecule has 1 aliphatic rings. The molecule has 2 nitrogen and oxygen atoms in total. The number of hydrogen-bond acceptors (Lipinski definition) is 2. The lowest BCUT2D eigenvalue weighted by atomic mass is 10.1. The van der Waals surface area contributed by atoms with Crippen LogP contribution >= 0.6 is 0 Å². The van der Waals surface area contributed by atoms with Crippen molar-refractivity contribution >= 4 is 5.69 Å². The summed E-state index contributed by atoms with van der Waals surface area (Å²) in [7, 11) is 0. The third-order valence-corrected chi connectivity index (χ3v) is 2.77. The van der Waals surface area contributed by atoms with E-state index in [1.165, 1.54) is 12.5 Å². The van der Waals surface area contributed by atoms with Gasteiger partial charge in [-0.05, 0) is 37.5 Å². The minimum Gasteiger partial charge on any atom is -0.369 e. The van der Waals surface area contributed by atoms with Crippen molar-refractivity contribution < 1.29 is 4.39 Å². The molecule has 1 fully saturated rings. The van der Waals surface area contributed by atoms with E-state index in [0.29, 0.717) is 11.3 Å². The molecule has 1 aliphatic heterocycles. The van der Waals surface area contributed by atoms with Gasteiger partial charge in [0.25, 0.3) is 0 Å². The average Bonchev–Trinajstić information content (AvgIpc) is 2.30. The predicted octanol–water partition coefficient (Wildman–Crippen LogP) is 2.69. The van der Waals surface area contributed by atoms with Crippen molar-refractivity contribution in [1.29, 1.82) is 5.26 Å². The van der Waals surface area contributed by atoms with Gasteiger partial charge in [-0.15, -0.1) is 0 Å². The number of nitriles is 1. The zero-order chi connectivity index (χ0) is 10.7. The summed E-state index contributed by atoms with van der Waals surface area (Å²) in [5.41, 5.74) is 1.02. The predicted molar refractivity (Wildman–Crippen MR) is 57.2 cm³/mol. The Morgan fingerprint density at radius 1 is 1.20 bits per heavy atom. The molecular weight excluding hydrogens is 191 g/mol. The highest BCUT2D eigenvalue weighted by atomic mass is 19.1. The van der Waals surface area contributed by atoms with Crippen LogP contribution in [0.4, 0.5) is 10.1 Å². The molecule has 0 amide bonds. The van der Waals surface area contributed by atoms with E-state index >= 15 is 0 Å². The highest BCUT2D eigenvalue weighted by Gasteiger charge is 2.14. The molecule has 0 atom stereocenters. The van der Waals surface area contributed by atoms with E-state index in [1.807, 2.05) is 6.07 Å². The zero-order valence-corrected chi connectivity index (χ0v) is 8.54. The van der Waals surface area contributed by atoms with Crippen molar-refractivity contribution in [3.8, 4) is 6.07 Å². The molecular formula is C12H13FN2. The largest absolute Gasteiger partial charge is 0.369 e. The van der Waals surface area contributed by atoms with Crippen LogP contribution in [0.25, 0.3) is 0 Å². The van der Waals surface area contributed by atoms with Crippen LogP contribution in [-0.4, -0.2) is 13.1 Å². The zero-order valence-electron chi connectivity index (χ0n) is 8.54. The van der Waals surface area contributed by atoms with E-state index in [9.17, 15) is 4.39 Å². The Morgan fingerprint density at radius 3 is 2.53 bits per heavy atom. The smallest absolute Gasteiger partial charge is 0.147 e. The van der Waals surface area contributed by atoms with Gasteiger partial charge in [0.05, 0.1) is 17.3 Å². The highest BCUT2D eigenvalue weighted by Crippen LogP contribution is 2.23. The lowest BCUT2D eigenvalue weighted by Gasteiger charge is -2.29. The molecule has 1 aromatic carbocycles. The number of nitrogens with zero attached hydrogens (tertiary/aromatic N) is 2. The van der Waals surface area contributed by atoms with Crippen LogP contribution in [-0.2, 0) is 0 Å². The summed E-state index contributed by atoms with van der Waals surface area (Å²) in [6.45, 7) is 1.84. The fraction of sp³-hybridized carbons (Fsp3) is 0.417. The molecule has 78 valence electrons. The summed E-state index contributed by atoms with van der Waals surface area (Å²) in [6, 6.07) is 6.63. The molecule has 1 heterocycles. The van der Waals surface area contributed by atoms with Crippen LogP contribution in [0.15, 0.2) is 18.2 Å². The van der Waals surface area contributed by atoms with Crippen molar-refractivity contribution in [2.75, 3.05) is 18.0 Å². The van der Waals surface area contributed by atoms with Gasteiger partial charge in [-0.25, -0.2) is 4.39 Å². The molecule has 3 heteroatoms. The molecule has 2 rings (SSSR count). The Balaban J connectivity index is 2.24. The number of rotatable bonds is 1. The Morgan fingerprint density at radius 2 is 1.93 bits per heavy atom. The van der Waals surface area contributed by atoms with E-state index in [1.54, 1.807) is 12.1 Å². The van der Waals surface area contributed by atoms with E-state index in [-0.39, 0.29) is 5.82 Å². The molecule has 0 unspecified atom stereocenters. The van der Waals surface area contributed by atoms with Crippen molar-refractivity contribution in [3.63, 3.8) is 0 Å². The summed E-state index contributed by atoms with van der Waals surface area (Å²) in [4.78, 5) is 2.06. The van der Waals surface area contributed by atoms with Gasteiger partial charge in [-0.1, -0.05) is 0 Å². The second-order valence-electron chi connectivity index (χ2n) is 3.83. The maximum Gasteiger partial charge on any atom is 0.147 e. The monoisotopic (exact) mass is 204 g/mol. The van der Waals surface area contributed by atoms with Gasteiger partial charge in [0.15, 0.2) is 0 Å². The van der Waals surface area contributed by atoms with Crippen LogP contribution in [0, 0.1) is 17.1 Å². The van der Waals surface area contributed by atoms with Gasteiger partial charge in [-0.3, -0.25) is 0 Å². The summed E-state index contributed by atoms with van der Waals surface area (Å²) < 4.78 is 13.6. The van der Waals surface area contributed by atoms with Crippen molar-refractivity contribution in [3.05, 3.63) is 29.6 Å². The maximum absolute atomic E-state index is 13.6. The molecule has 0 aliphatic carbocycles. The number of hydrogen-bond donors (Lipinski definition) is 0. The third kappa shape index (κ3) is 2.10. The molecule has 1 saturated heterocycles. The Hall–Kier alpha value is -1.56. The van der Waals surface area contributed by atoms with Crippen molar-refractivity contribution in [2.45, 2.75) is 19.3 Å². The standard InChI is InChI=1S/C12H13FN2/c13-11-8-10(9-14)4-5-12(11)15-6-2-1-3-7-15/h4-5,8H,1-3,6-7H2. The molecule has 0 N–H and O–H groups in total. The quantitative estimate of drug-likeness (QED) is 0.703. The van der Waals surface area contributed by atoms with Gasteiger partial charge in [-0.2, -0.15) is 5.26 Å². The second kappa shape index (κ2) is 4.31. The first-order valence-electron chi connectivity index (χ1n) is 5.26. The van der Waals surface area contributed by atoms with E-state index in [2.05, 4.69) is 4.90 Å². The van der Waals surface area contributed by atoms with Crippen molar-refractivity contribution in [1.82, 2.24) is 0 Å². The van der Waals surface area contributed by atoms with Crippen LogP contribution in [0.3, 0.4) is 0 Å². The number of benzene rings is 1. The maximum atomic E-state index is 13.6. The average molecular weight is 204 g/mol. The summed E-state index contributed by atoms with van der Waals surface area (Å²) in [5.74, 6) is -0.282. The molecule has 0 radical (unpaired) electrons. The van der Waals surface area contributed by atoms with Gasteiger partial charge in [0.2, 0.25) is 0 Å². The molecule has 15 heavy (non-hydrogen) atoms. The van der Waals surface area contributed by atoms with Gasteiger partial charge >= 0.3 is 0 Å². The van der Waals surface area contributed by atoms with Crippen LogP contribution in [0.1, 0.15) is 24.8 Å². The summed E-state index contributed by atoms with van der Waals surface area (Å²) in [5, 5.41) is 8.63. The van der Waals surface area contributed by atoms with Gasteiger partial charge in [0, 0.05) is 13.1 Å².